The summed E-state index contributed by atoms with van der Waals surface area (Å²) in [5, 5.41) is 11.7. The summed E-state index contributed by atoms with van der Waals surface area (Å²) < 4.78 is 45.8. The Morgan fingerprint density at radius 3 is 2.10 bits per heavy atom. The second kappa shape index (κ2) is 34.8. The molecular weight excluding hydrogens is 1020 g/mol. The number of carbonyl (C=O) groups excluding carboxylic acids is 3. The maximum absolute atomic E-state index is 14.0. The Kier molecular flexibility index (Phi) is 32.9. The van der Waals surface area contributed by atoms with Crippen molar-refractivity contribution in [3.8, 4) is 0 Å². The van der Waals surface area contributed by atoms with Crippen molar-refractivity contribution in [2.45, 2.75) is 240 Å². The van der Waals surface area contributed by atoms with Gasteiger partial charge in [-0.3, -0.25) is 9.59 Å². The van der Waals surface area contributed by atoms with Gasteiger partial charge in [0.15, 0.2) is 16.6 Å². The third kappa shape index (κ3) is 25.6. The van der Waals surface area contributed by atoms with Crippen molar-refractivity contribution in [2.75, 3.05) is 33.5 Å². The molecule has 1 rings (SSSR count). The fourth-order valence-corrected chi connectivity index (χ4v) is 12.9. The van der Waals surface area contributed by atoms with E-state index in [-0.39, 0.29) is 70.2 Å². The summed E-state index contributed by atoms with van der Waals surface area (Å²) in [6.45, 7) is 41.2. The number of hydrogen-bond acceptors (Lipinski definition) is 12. The van der Waals surface area contributed by atoms with Gasteiger partial charge in [0, 0.05) is 70.6 Å². The highest BCUT2D eigenvalue weighted by Gasteiger charge is 2.45. The first kappa shape index (κ1) is 72.7. The minimum Gasteiger partial charge on any atom is -0.462 e. The summed E-state index contributed by atoms with van der Waals surface area (Å²) in [4.78, 5) is 39.0. The zero-order valence-corrected chi connectivity index (χ0v) is 55.5. The van der Waals surface area contributed by atoms with Gasteiger partial charge in [0.25, 0.3) is 0 Å². The number of cyclic esters (lactones) is 1. The van der Waals surface area contributed by atoms with Crippen molar-refractivity contribution < 1.29 is 52.0 Å². The Labute approximate surface area is 477 Å². The molecule has 0 unspecified atom stereocenters. The van der Waals surface area contributed by atoms with Gasteiger partial charge in [-0.05, 0) is 118 Å². The van der Waals surface area contributed by atoms with E-state index in [9.17, 15) is 19.5 Å². The molecule has 15 atom stereocenters. The van der Waals surface area contributed by atoms with E-state index >= 15 is 0 Å². The maximum Gasteiger partial charge on any atom is 0.331 e. The molecule has 0 saturated carbocycles. The maximum atomic E-state index is 14.0. The number of carbonyl (C=O) groups is 3. The standard InChI is InChI=1S/C62H113NO11SSi2/c1-43-32-33-44(2)54(69-18)37-35-46(4)59(73-76(20,21)61(10,11)12)49(7)55(70-42-75-19)29-25-24-26-31-57(67)72-56(30-27-28-52(40-43)68-17)50(8)60(74-77(22,23)62(13,14)15)45(3)34-36-53(66)48(6)58(71-51(9)65)47(5)38-39-63(16)41-64/h24-28,31,33,38-39,41,43,45-50,52-56,58-60,66H,29-30,32,34-37,40,42H2,1-23H3/b25-24+,28-27+,31-26+,39-38+,44-33+/t43-,45+,46-,47-,48+,49-,50-,52+,53-,54+,55-,56+,58-,59-,60+/m1/s1. The number of hydrogen-bond donors (Lipinski definition) is 1. The first-order valence-electron chi connectivity index (χ1n) is 28.8. The van der Waals surface area contributed by atoms with Gasteiger partial charge in [-0.2, -0.15) is 0 Å². The first-order chi connectivity index (χ1) is 35.7. The van der Waals surface area contributed by atoms with Crippen molar-refractivity contribution in [1.82, 2.24) is 4.90 Å². The van der Waals surface area contributed by atoms with Gasteiger partial charge < -0.3 is 42.5 Å². The van der Waals surface area contributed by atoms with Crippen molar-refractivity contribution in [1.29, 1.82) is 0 Å². The van der Waals surface area contributed by atoms with Gasteiger partial charge >= 0.3 is 11.9 Å². The van der Waals surface area contributed by atoms with Gasteiger partial charge in [-0.25, -0.2) is 4.79 Å². The van der Waals surface area contributed by atoms with E-state index in [0.29, 0.717) is 44.0 Å². The van der Waals surface area contributed by atoms with E-state index < -0.39 is 52.8 Å². The lowest BCUT2D eigenvalue weighted by molar-refractivity contribution is -0.153. The molecule has 446 valence electrons. The highest BCUT2D eigenvalue weighted by atomic mass is 32.2. The number of esters is 2. The fourth-order valence-electron chi connectivity index (χ4n) is 9.63. The third-order valence-electron chi connectivity index (χ3n) is 17.1. The molecule has 15 heteroatoms. The van der Waals surface area contributed by atoms with E-state index in [1.54, 1.807) is 38.2 Å². The van der Waals surface area contributed by atoms with Crippen LogP contribution in [-0.4, -0.2) is 127 Å². The minimum atomic E-state index is -2.40. The highest BCUT2D eigenvalue weighted by Crippen LogP contribution is 2.43. The number of aliphatic hydroxyl groups excluding tert-OH is 1. The molecule has 0 radical (unpaired) electrons. The van der Waals surface area contributed by atoms with Gasteiger partial charge in [0.1, 0.15) is 12.2 Å². The average Bonchev–Trinajstić information content (AvgIpc) is 3.34. The van der Waals surface area contributed by atoms with Crippen LogP contribution in [0.25, 0.3) is 0 Å². The average molecular weight is 1140 g/mol. The lowest BCUT2D eigenvalue weighted by Gasteiger charge is -2.44. The molecule has 0 fully saturated rings. The molecule has 0 aromatic rings. The third-order valence-corrected chi connectivity index (χ3v) is 26.5. The number of nitrogens with zero attached hydrogens (tertiary/aromatic N) is 1. The Hall–Kier alpha value is -2.35. The molecule has 12 nitrogen and oxygen atoms in total. The lowest BCUT2D eigenvalue weighted by atomic mass is 9.82. The summed E-state index contributed by atoms with van der Waals surface area (Å²) in [6, 6.07) is 0. The topological polar surface area (TPSA) is 139 Å². The molecule has 1 heterocycles. The predicted octanol–water partition coefficient (Wildman–Crippen LogP) is 14.5. The molecule has 0 spiro atoms. The van der Waals surface area contributed by atoms with Crippen LogP contribution in [0, 0.1) is 41.4 Å². The number of amides is 1. The molecule has 0 bridgehead atoms. The quantitative estimate of drug-likeness (QED) is 0.0363. The van der Waals surface area contributed by atoms with E-state index in [0.717, 1.165) is 25.7 Å². The van der Waals surface area contributed by atoms with Gasteiger partial charge in [-0.1, -0.05) is 133 Å². The summed E-state index contributed by atoms with van der Waals surface area (Å²) >= 11 is 1.66. The van der Waals surface area contributed by atoms with Crippen molar-refractivity contribution in [2.24, 2.45) is 41.4 Å². The monoisotopic (exact) mass is 1140 g/mol. The van der Waals surface area contributed by atoms with Crippen molar-refractivity contribution in [3.05, 3.63) is 60.4 Å². The zero-order valence-electron chi connectivity index (χ0n) is 52.7. The largest absolute Gasteiger partial charge is 0.462 e. The van der Waals surface area contributed by atoms with Crippen LogP contribution in [0.3, 0.4) is 0 Å². The molecule has 0 aromatic carbocycles. The molecule has 0 aliphatic carbocycles. The van der Waals surface area contributed by atoms with E-state index in [2.05, 4.69) is 140 Å². The molecule has 1 aliphatic rings. The molecule has 77 heavy (non-hydrogen) atoms. The number of ether oxygens (including phenoxy) is 5. The molecule has 1 aliphatic heterocycles. The highest BCUT2D eigenvalue weighted by molar-refractivity contribution is 7.98. The van der Waals surface area contributed by atoms with E-state index in [1.807, 2.05) is 33.1 Å². The van der Waals surface area contributed by atoms with Crippen LogP contribution in [0.4, 0.5) is 0 Å². The van der Waals surface area contributed by atoms with Crippen LogP contribution in [0.2, 0.25) is 36.3 Å². The van der Waals surface area contributed by atoms with Crippen LogP contribution < -0.4 is 0 Å². The van der Waals surface area contributed by atoms with Crippen LogP contribution in [0.5, 0.6) is 0 Å². The number of rotatable bonds is 22. The molecule has 0 aromatic heterocycles. The van der Waals surface area contributed by atoms with Crippen LogP contribution in [-0.2, 0) is 46.9 Å². The fraction of sp³-hybridized carbons (Fsp3) is 0.790. The number of aliphatic hydroxyl groups is 1. The molecule has 0 saturated heterocycles. The summed E-state index contributed by atoms with van der Waals surface area (Å²) in [7, 11) is 0.618. The molecule has 1 amide bonds. The second-order valence-corrected chi connectivity index (χ2v) is 36.1. The minimum absolute atomic E-state index is 0.00254. The number of allylic oxidation sites excluding steroid dienone is 3. The summed E-state index contributed by atoms with van der Waals surface area (Å²) in [5.74, 6) is -0.648. The van der Waals surface area contributed by atoms with Crippen LogP contribution >= 0.6 is 11.8 Å². The SMILES string of the molecule is CO[C@H]1CC[C@@H](C)[C@@H](O[Si](C)(C)C(C)(C)C)[C@H](C)[C@H](OCSC)C/C=C/C=C/C(=O)O[C@H]([C@@H](C)[C@@H](O[Si](C)(C)C(C)(C)C)[C@@H](C)CC[C@@H](O)[C@H](C)[C@H](OC(C)=O)[C@H](C)/C=C/N(C)C=O)C/C=C/[C@H](OC)C[C@H](C)C/C=C/1C. The van der Waals surface area contributed by atoms with Crippen LogP contribution in [0.15, 0.2) is 60.4 Å². The Balaban J connectivity index is 3.88. The van der Waals surface area contributed by atoms with E-state index in [4.69, 9.17) is 32.5 Å². The molecule has 1 N–H and O–H groups in total. The Morgan fingerprint density at radius 1 is 0.909 bits per heavy atom. The lowest BCUT2D eigenvalue weighted by Crippen LogP contribution is -2.49. The first-order valence-corrected chi connectivity index (χ1v) is 36.0. The van der Waals surface area contributed by atoms with Crippen molar-refractivity contribution >= 4 is 46.7 Å². The van der Waals surface area contributed by atoms with E-state index in [1.165, 1.54) is 23.5 Å². The van der Waals surface area contributed by atoms with Gasteiger partial charge in [0.05, 0.1) is 42.6 Å². The Morgan fingerprint density at radius 2 is 1.55 bits per heavy atom. The van der Waals surface area contributed by atoms with Crippen molar-refractivity contribution in [3.63, 3.8) is 0 Å². The Bertz CT molecular complexity index is 1870. The smallest absolute Gasteiger partial charge is 0.331 e. The van der Waals surface area contributed by atoms with Gasteiger partial charge in [0.2, 0.25) is 6.41 Å². The van der Waals surface area contributed by atoms with Crippen LogP contribution in [0.1, 0.15) is 155 Å². The summed E-state index contributed by atoms with van der Waals surface area (Å²) in [6.07, 6.45) is 23.1. The summed E-state index contributed by atoms with van der Waals surface area (Å²) in [5.41, 5.74) is 1.24. The van der Waals surface area contributed by atoms with Gasteiger partial charge in [-0.15, -0.1) is 11.8 Å². The number of methoxy groups -OCH3 is 2. The zero-order chi connectivity index (χ0) is 59.1. The number of thioether (sulfide) groups is 1. The second-order valence-electron chi connectivity index (χ2n) is 25.8. The normalized spacial score (nSPS) is 28.5. The molecular formula is C62H113NO11SSi2. The predicted molar refractivity (Wildman–Crippen MR) is 326 cm³/mol.